The summed E-state index contributed by atoms with van der Waals surface area (Å²) in [4.78, 5) is 100. The van der Waals surface area contributed by atoms with Crippen LogP contribution >= 0.6 is 0 Å². The highest BCUT2D eigenvalue weighted by molar-refractivity contribution is 5.92. The molecule has 0 unspecified atom stereocenters. The third-order valence-electron chi connectivity index (χ3n) is 16.4. The first kappa shape index (κ1) is 67.9. The van der Waals surface area contributed by atoms with E-state index in [-0.39, 0.29) is 49.7 Å². The van der Waals surface area contributed by atoms with E-state index in [0.29, 0.717) is 55.5 Å². The summed E-state index contributed by atoms with van der Waals surface area (Å²) in [5.41, 5.74) is -4.69. The van der Waals surface area contributed by atoms with E-state index in [4.69, 9.17) is 37.9 Å². The Morgan fingerprint density at radius 1 is 0.811 bits per heavy atom. The number of allylic oxidation sites excluding steroid dienone is 2. The third kappa shape index (κ3) is 15.6. The van der Waals surface area contributed by atoms with Gasteiger partial charge in [-0.25, -0.2) is 39.1 Å². The van der Waals surface area contributed by atoms with Crippen LogP contribution in [0, 0.1) is 10.8 Å². The van der Waals surface area contributed by atoms with Crippen molar-refractivity contribution in [2.24, 2.45) is 10.8 Å². The van der Waals surface area contributed by atoms with Crippen LogP contribution in [0.1, 0.15) is 118 Å². The van der Waals surface area contributed by atoms with Gasteiger partial charge in [0.1, 0.15) is 47.6 Å². The number of nitrogens with zero attached hydrogens (tertiary/aromatic N) is 6. The normalized spacial score (nSPS) is 27.0. The predicted octanol–water partition coefficient (Wildman–Crippen LogP) is 9.37. The van der Waals surface area contributed by atoms with E-state index in [1.807, 2.05) is 0 Å². The fourth-order valence-electron chi connectivity index (χ4n) is 11.8. The topological polar surface area (TPSA) is 258 Å². The minimum atomic E-state index is -3.61. The Hall–Kier alpha value is -8.00. The van der Waals surface area contributed by atoms with Gasteiger partial charge in [0.2, 0.25) is 23.6 Å². The van der Waals surface area contributed by atoms with Crippen LogP contribution in [0.3, 0.4) is 0 Å². The Morgan fingerprint density at radius 2 is 1.41 bits per heavy atom. The van der Waals surface area contributed by atoms with Crippen LogP contribution in [0.5, 0.6) is 11.8 Å². The molecule has 22 nitrogen and oxygen atoms in total. The van der Waals surface area contributed by atoms with Crippen molar-refractivity contribution in [1.82, 2.24) is 40.4 Å². The van der Waals surface area contributed by atoms with Gasteiger partial charge in [0.15, 0.2) is 11.4 Å². The molecular formula is C64H80F4N8O14. The molecule has 10 atom stereocenters. The Morgan fingerprint density at radius 3 is 2.03 bits per heavy atom. The largest absolute Gasteiger partial charge is 0.468 e. The monoisotopic (exact) mass is 1260 g/mol. The van der Waals surface area contributed by atoms with Crippen molar-refractivity contribution in [3.8, 4) is 11.8 Å². The number of carbonyl (C=O) groups excluding carboxylic acids is 6. The van der Waals surface area contributed by atoms with Crippen LogP contribution in [0.15, 0.2) is 86.0 Å². The van der Waals surface area contributed by atoms with Crippen molar-refractivity contribution in [3.63, 3.8) is 0 Å². The van der Waals surface area contributed by atoms with Crippen LogP contribution in [-0.4, -0.2) is 166 Å². The molecule has 4 aromatic rings. The summed E-state index contributed by atoms with van der Waals surface area (Å²) in [6.07, 6.45) is 4.18. The molecule has 2 saturated heterocycles. The van der Waals surface area contributed by atoms with E-state index >= 15 is 17.6 Å². The molecule has 488 valence electrons. The number of likely N-dealkylation sites (tertiary alicyclic amines) is 1. The zero-order valence-corrected chi connectivity index (χ0v) is 52.4. The number of rotatable bonds is 12. The van der Waals surface area contributed by atoms with Gasteiger partial charge in [0, 0.05) is 12.8 Å². The maximum Gasteiger partial charge on any atom is 0.408 e. The smallest absolute Gasteiger partial charge is 0.408 e. The van der Waals surface area contributed by atoms with Crippen LogP contribution in [0.25, 0.3) is 22.1 Å². The number of alkyl halides is 4. The lowest BCUT2D eigenvalue weighted by Crippen LogP contribution is -2.57. The van der Waals surface area contributed by atoms with Crippen LogP contribution < -0.4 is 20.1 Å². The number of fused-ring (bicyclic) bond motifs is 6. The number of methoxy groups -OCH3 is 2. The van der Waals surface area contributed by atoms with Crippen molar-refractivity contribution in [1.29, 1.82) is 0 Å². The number of hydrogen-bond donors (Lipinski definition) is 2. The predicted molar refractivity (Wildman–Crippen MR) is 319 cm³/mol. The number of esters is 2. The van der Waals surface area contributed by atoms with E-state index in [1.54, 1.807) is 110 Å². The number of benzene rings is 2. The highest BCUT2D eigenvalue weighted by Crippen LogP contribution is 2.43. The molecule has 4 amide bonds. The number of halogens is 4. The number of carbonyl (C=O) groups is 6. The summed E-state index contributed by atoms with van der Waals surface area (Å²) in [5.74, 6) is -10.7. The molecular weight excluding hydrogens is 1180 g/mol. The maximum absolute atomic E-state index is 15.8. The Kier molecular flexibility index (Phi) is 20.5. The number of alkyl carbamates (subject to hydrolysis) is 2. The number of para-hydroxylation sites is 4. The van der Waals surface area contributed by atoms with E-state index in [1.165, 1.54) is 30.1 Å². The zero-order chi connectivity index (χ0) is 65.7. The second kappa shape index (κ2) is 27.2. The molecule has 3 aliphatic heterocycles. The van der Waals surface area contributed by atoms with E-state index in [2.05, 4.69) is 43.7 Å². The fraction of sp³-hybridized carbons (Fsp3) is 0.562. The molecule has 4 fully saturated rings. The van der Waals surface area contributed by atoms with Crippen molar-refractivity contribution >= 4 is 58.0 Å². The van der Waals surface area contributed by atoms with Gasteiger partial charge >= 0.3 is 36.0 Å². The molecule has 5 heterocycles. The lowest BCUT2D eigenvalue weighted by molar-refractivity contribution is -0.152. The summed E-state index contributed by atoms with van der Waals surface area (Å²) in [7, 11) is 2.38. The minimum absolute atomic E-state index is 0.0837. The molecule has 0 radical (unpaired) electrons. The zero-order valence-electron chi connectivity index (χ0n) is 52.4. The van der Waals surface area contributed by atoms with Gasteiger partial charge < -0.3 is 58.3 Å². The quantitative estimate of drug-likeness (QED) is 0.0579. The fourth-order valence-corrected chi connectivity index (χ4v) is 11.8. The molecule has 0 spiro atoms. The molecule has 90 heavy (non-hydrogen) atoms. The molecule has 2 aromatic carbocycles. The number of aromatic nitrogens is 4. The minimum Gasteiger partial charge on any atom is -0.468 e. The van der Waals surface area contributed by atoms with Crippen LogP contribution in [0.2, 0.25) is 0 Å². The third-order valence-corrected chi connectivity index (χ3v) is 16.4. The molecule has 2 bridgehead atoms. The first-order valence-electron chi connectivity index (χ1n) is 29.9. The Labute approximate surface area is 519 Å². The average Bonchev–Trinajstić information content (AvgIpc) is 1.48. The van der Waals surface area contributed by atoms with Gasteiger partial charge in [0.25, 0.3) is 0 Å². The van der Waals surface area contributed by atoms with Crippen LogP contribution in [0.4, 0.5) is 27.2 Å². The molecule has 5 aliphatic rings. The van der Waals surface area contributed by atoms with Gasteiger partial charge in [-0.2, -0.15) is 17.6 Å². The second-order valence-electron chi connectivity index (χ2n) is 25.8. The summed E-state index contributed by atoms with van der Waals surface area (Å²) in [5, 5.41) is 5.40. The summed E-state index contributed by atoms with van der Waals surface area (Å²) in [6, 6.07) is 8.54. The van der Waals surface area contributed by atoms with Crippen LogP contribution in [-0.2, 0) is 59.4 Å². The van der Waals surface area contributed by atoms with E-state index in [0.717, 1.165) is 12.8 Å². The Bertz CT molecular complexity index is 3380. The number of hydrogen-bond acceptors (Lipinski definition) is 18. The summed E-state index contributed by atoms with van der Waals surface area (Å²) in [6.45, 7) is 20.4. The molecule has 2 aliphatic carbocycles. The second-order valence-corrected chi connectivity index (χ2v) is 25.8. The maximum atomic E-state index is 15.8. The number of amides is 4. The first-order valence-corrected chi connectivity index (χ1v) is 29.9. The standard InChI is InChI=1S/C33H42F2N4O7.C31H38F2N4O7/c1-8-17-44-23-15-12-16-24(23)45-30(42)38-26(31(3,4)5)28(40)39-19-32(6,18-22(39)29(41)43-7)46-27-25(33(34,35)9-2)36-20-13-10-11-14-21(20)37-27;1-29(2,3)24-26(38)37-17-30(4,16-20(37)27(39)41-5)44-25-23(34-18-10-6-7-11-19(18)35-25)31(32,33)14-9-15-42-21-12-8-13-22(21)43-28(40)36-24/h8-11,13-14,22-24,26H,1-2,12,15-19H2,3-7H3,(H,38,42);6-7,9-11,14,20-22,24H,8,12-13,15-17H2,1-5H3,(H,36,40)/b;14-9+/t22-,23+,24+,26+,32+;20-,21+,22+,24+,30+/m00/s1. The molecule has 9 rings (SSSR count). The molecule has 2 N–H and O–H groups in total. The molecule has 2 saturated carbocycles. The highest BCUT2D eigenvalue weighted by Gasteiger charge is 2.55. The van der Waals surface area contributed by atoms with Gasteiger partial charge in [-0.15, -0.1) is 6.58 Å². The summed E-state index contributed by atoms with van der Waals surface area (Å²) >= 11 is 0. The van der Waals surface area contributed by atoms with Gasteiger partial charge in [-0.1, -0.05) is 84.5 Å². The Balaban J connectivity index is 0.000000232. The SMILES string of the molecule is C=CCO[C@@H]1CCC[C@H]1OC(=O)N[C@H](C(=O)N1C[C@](C)(Oc2nc3ccccc3nc2C(F)(F)C=C)C[C@H]1C(=O)OC)C(C)(C)C.COC(=O)[C@@H]1C[C@]2(C)CN1C(=O)[C@H](C(C)(C)C)NC(=O)O[C@@H]1CCC[C@H]1OC/C=C/C(F)(F)c1nc3ccccc3nc1O2. The average molecular weight is 1260 g/mol. The number of nitrogens with one attached hydrogen (secondary N) is 2. The van der Waals surface area contributed by atoms with Crippen molar-refractivity contribution in [2.75, 3.05) is 40.5 Å². The lowest BCUT2D eigenvalue weighted by atomic mass is 9.85. The van der Waals surface area contributed by atoms with Gasteiger partial charge in [0.05, 0.1) is 74.8 Å². The highest BCUT2D eigenvalue weighted by atomic mass is 19.3. The van der Waals surface area contributed by atoms with Crippen molar-refractivity contribution < 1.29 is 84.2 Å². The molecule has 2 aromatic heterocycles. The van der Waals surface area contributed by atoms with E-state index < -0.39 is 135 Å². The number of ether oxygens (including phenoxy) is 8. The van der Waals surface area contributed by atoms with Crippen molar-refractivity contribution in [3.05, 3.63) is 97.4 Å². The van der Waals surface area contributed by atoms with Gasteiger partial charge in [-0.05, 0) is 99.6 Å². The lowest BCUT2D eigenvalue weighted by Gasteiger charge is -2.35. The van der Waals surface area contributed by atoms with E-state index in [9.17, 15) is 28.8 Å². The van der Waals surface area contributed by atoms with Gasteiger partial charge in [-0.3, -0.25) is 9.59 Å². The molecule has 26 heteroatoms. The first-order chi connectivity index (χ1) is 42.3. The summed E-state index contributed by atoms with van der Waals surface area (Å²) < 4.78 is 107. The van der Waals surface area contributed by atoms with Crippen molar-refractivity contribution in [2.45, 2.75) is 178 Å².